The number of benzene rings is 2. The number of aryl methyl sites for hydroxylation is 1. The van der Waals surface area contributed by atoms with Gasteiger partial charge in [-0.05, 0) is 118 Å². The van der Waals surface area contributed by atoms with Crippen LogP contribution in [0.4, 0.5) is 4.39 Å². The van der Waals surface area contributed by atoms with Gasteiger partial charge in [0.25, 0.3) is 0 Å². The van der Waals surface area contributed by atoms with E-state index < -0.39 is 11.5 Å². The number of rotatable bonds is 15. The molecule has 4 aromatic rings. The number of nitrogens with zero attached hydrogens (tertiary/aromatic N) is 3. The molecule has 272 valence electrons. The fraction of sp³-hybridized carbons (Fsp3) is 0.459. The maximum atomic E-state index is 15.3. The molecule has 0 radical (unpaired) electrons. The minimum Gasteiger partial charge on any atom is -0.379 e. The summed E-state index contributed by atoms with van der Waals surface area (Å²) in [5, 5.41) is 16.2. The summed E-state index contributed by atoms with van der Waals surface area (Å²) in [7, 11) is 0. The van der Waals surface area contributed by atoms with Crippen LogP contribution < -0.4 is 22.9 Å². The standard InChI is InChI=1S/C37H47ClFN9OS2/c38-29-19-22(4-1-6-30(40)23-8-9-23)18-28(33(29)39)31-20-25-21-48(37(49)46-34(25)45-31)27-12-10-24(11-13-27)32-7-2-5-26(14-17-51-36(43)44)47(32)15-3-16-50-35(41)42/h10-13,18-21,23,26,30,32H,1-9,14-17,40H2,(H3,41,42)(H3,43,44)(H,45,46,49)/t26-,30?,32-/m0/s1. The van der Waals surface area contributed by atoms with Crippen LogP contribution in [0.15, 0.2) is 53.5 Å². The fourth-order valence-corrected chi connectivity index (χ4v) is 8.69. The third-order valence-corrected chi connectivity index (χ3v) is 11.9. The van der Waals surface area contributed by atoms with Crippen molar-refractivity contribution in [1.82, 2.24) is 19.4 Å². The Hall–Kier alpha value is -3.36. The highest BCUT2D eigenvalue weighted by Crippen LogP contribution is 2.37. The lowest BCUT2D eigenvalue weighted by Crippen LogP contribution is -2.43. The van der Waals surface area contributed by atoms with Gasteiger partial charge in [-0.25, -0.2) is 9.18 Å². The molecule has 0 spiro atoms. The van der Waals surface area contributed by atoms with Crippen molar-refractivity contribution in [3.63, 3.8) is 0 Å². The summed E-state index contributed by atoms with van der Waals surface area (Å²) in [6.45, 7) is 0.876. The second-order valence-corrected chi connectivity index (χ2v) is 16.4. The molecule has 6 rings (SSSR count). The Morgan fingerprint density at radius 2 is 1.78 bits per heavy atom. The van der Waals surface area contributed by atoms with Crippen molar-refractivity contribution >= 4 is 56.5 Å². The van der Waals surface area contributed by atoms with Crippen LogP contribution in [0.25, 0.3) is 28.0 Å². The summed E-state index contributed by atoms with van der Waals surface area (Å²) in [4.78, 5) is 23.3. The van der Waals surface area contributed by atoms with Crippen LogP contribution >= 0.6 is 35.1 Å². The van der Waals surface area contributed by atoms with E-state index in [4.69, 9.17) is 39.6 Å². The number of aromatic nitrogens is 3. The van der Waals surface area contributed by atoms with Crippen molar-refractivity contribution in [2.24, 2.45) is 23.1 Å². The third kappa shape index (κ3) is 9.55. The number of nitrogens with one attached hydrogen (secondary N) is 3. The number of H-pyrrole nitrogens is 1. The molecule has 2 aliphatic rings. The van der Waals surface area contributed by atoms with Crippen molar-refractivity contribution in [3.05, 3.63) is 81.1 Å². The third-order valence-electron chi connectivity index (χ3n) is 10.1. The normalized spacial score (nSPS) is 18.6. The first-order chi connectivity index (χ1) is 24.6. The summed E-state index contributed by atoms with van der Waals surface area (Å²) in [5.74, 6) is 1.71. The van der Waals surface area contributed by atoms with E-state index in [1.54, 1.807) is 12.3 Å². The number of likely N-dealkylation sites (tertiary alicyclic amines) is 1. The first-order valence-corrected chi connectivity index (χ1v) is 20.1. The molecular formula is C37H47ClFN9OS2. The Morgan fingerprint density at radius 3 is 2.51 bits per heavy atom. The summed E-state index contributed by atoms with van der Waals surface area (Å²) >= 11 is 9.10. The molecule has 1 aliphatic heterocycles. The van der Waals surface area contributed by atoms with Crippen molar-refractivity contribution in [1.29, 1.82) is 10.8 Å². The summed E-state index contributed by atoms with van der Waals surface area (Å²) < 4.78 is 16.9. The topological polar surface area (TPSA) is 180 Å². The number of halogens is 2. The number of thioether (sulfide) groups is 2. The summed E-state index contributed by atoms with van der Waals surface area (Å²) in [5.41, 5.74) is 21.1. The van der Waals surface area contributed by atoms with Gasteiger partial charge in [-0.2, -0.15) is 4.98 Å². The van der Waals surface area contributed by atoms with Gasteiger partial charge in [-0.1, -0.05) is 47.3 Å². The van der Waals surface area contributed by atoms with Crippen LogP contribution in [0.1, 0.15) is 75.0 Å². The zero-order valence-electron chi connectivity index (χ0n) is 28.7. The SMILES string of the molecule is N=C(N)SCCCN1[C@H](CCSC(=N)N)CCC[C@H]1c1ccc(-n2cc3cc(-c4cc(CCCC(N)C5CC5)cc(Cl)c4F)[nH]c3nc2=O)cc1. The Bertz CT molecular complexity index is 1910. The highest BCUT2D eigenvalue weighted by Gasteiger charge is 2.31. The second-order valence-electron chi connectivity index (χ2n) is 13.7. The summed E-state index contributed by atoms with van der Waals surface area (Å²) in [6.07, 6.45) is 11.8. The van der Waals surface area contributed by atoms with E-state index in [0.717, 1.165) is 75.0 Å². The molecule has 1 unspecified atom stereocenters. The van der Waals surface area contributed by atoms with Gasteiger partial charge in [0.2, 0.25) is 0 Å². The molecule has 2 aromatic heterocycles. The minimum atomic E-state index is -0.512. The van der Waals surface area contributed by atoms with Gasteiger partial charge in [-0.3, -0.25) is 20.3 Å². The Kier molecular flexibility index (Phi) is 12.5. The Balaban J connectivity index is 1.20. The number of piperidine rings is 1. The molecule has 1 saturated heterocycles. The zero-order chi connectivity index (χ0) is 36.1. The number of hydrogen-bond acceptors (Lipinski definition) is 8. The number of fused-ring (bicyclic) bond motifs is 1. The quantitative estimate of drug-likeness (QED) is 0.0421. The largest absolute Gasteiger partial charge is 0.379 e. The van der Waals surface area contributed by atoms with E-state index in [2.05, 4.69) is 27.0 Å². The van der Waals surface area contributed by atoms with Gasteiger partial charge in [0, 0.05) is 46.8 Å². The van der Waals surface area contributed by atoms with Gasteiger partial charge in [0.1, 0.15) is 5.65 Å². The number of amidine groups is 2. The molecule has 1 aliphatic carbocycles. The fourth-order valence-electron chi connectivity index (χ4n) is 7.34. The highest BCUT2D eigenvalue weighted by atomic mass is 35.5. The number of hydrogen-bond donors (Lipinski definition) is 6. The monoisotopic (exact) mass is 751 g/mol. The highest BCUT2D eigenvalue weighted by molar-refractivity contribution is 8.13. The van der Waals surface area contributed by atoms with Crippen LogP contribution in [0.5, 0.6) is 0 Å². The van der Waals surface area contributed by atoms with E-state index in [9.17, 15) is 4.79 Å². The average molecular weight is 752 g/mol. The van der Waals surface area contributed by atoms with Crippen molar-refractivity contribution in [2.75, 3.05) is 18.1 Å². The second kappa shape index (κ2) is 17.0. The molecule has 2 aromatic carbocycles. The average Bonchev–Trinajstić information content (AvgIpc) is 3.88. The van der Waals surface area contributed by atoms with Gasteiger partial charge < -0.3 is 22.2 Å². The van der Waals surface area contributed by atoms with E-state index in [1.807, 2.05) is 24.3 Å². The minimum absolute atomic E-state index is 0.0630. The number of aromatic amines is 1. The number of nitrogens with two attached hydrogens (primary N) is 3. The Labute approximate surface area is 311 Å². The first-order valence-electron chi connectivity index (χ1n) is 17.7. The molecule has 9 N–H and O–H groups in total. The predicted octanol–water partition coefficient (Wildman–Crippen LogP) is 7.16. The van der Waals surface area contributed by atoms with Crippen LogP contribution in [0.3, 0.4) is 0 Å². The lowest BCUT2D eigenvalue weighted by Gasteiger charge is -2.43. The van der Waals surface area contributed by atoms with E-state index in [0.29, 0.717) is 39.9 Å². The zero-order valence-corrected chi connectivity index (χ0v) is 31.1. The molecule has 14 heteroatoms. The molecule has 3 atom stereocenters. The van der Waals surface area contributed by atoms with Crippen LogP contribution in [-0.2, 0) is 6.42 Å². The first kappa shape index (κ1) is 37.4. The van der Waals surface area contributed by atoms with Crippen LogP contribution in [0, 0.1) is 22.6 Å². The molecule has 1 saturated carbocycles. The van der Waals surface area contributed by atoms with Gasteiger partial charge >= 0.3 is 5.69 Å². The van der Waals surface area contributed by atoms with E-state index >= 15 is 4.39 Å². The molecule has 51 heavy (non-hydrogen) atoms. The van der Waals surface area contributed by atoms with Crippen molar-refractivity contribution < 1.29 is 4.39 Å². The van der Waals surface area contributed by atoms with Crippen molar-refractivity contribution in [3.8, 4) is 16.9 Å². The molecular weight excluding hydrogens is 705 g/mol. The molecule has 3 heterocycles. The predicted molar refractivity (Wildman–Crippen MR) is 211 cm³/mol. The lowest BCUT2D eigenvalue weighted by atomic mass is 9.89. The van der Waals surface area contributed by atoms with Gasteiger partial charge in [0.05, 0.1) is 16.4 Å². The van der Waals surface area contributed by atoms with Crippen LogP contribution in [0.2, 0.25) is 5.02 Å². The van der Waals surface area contributed by atoms with Crippen molar-refractivity contribution in [2.45, 2.75) is 82.3 Å². The molecule has 2 fully saturated rings. The van der Waals surface area contributed by atoms with E-state index in [1.165, 1.54) is 46.5 Å². The lowest BCUT2D eigenvalue weighted by molar-refractivity contribution is 0.0809. The smallest absolute Gasteiger partial charge is 0.354 e. The molecule has 0 bridgehead atoms. The molecule has 10 nitrogen and oxygen atoms in total. The maximum Gasteiger partial charge on any atom is 0.354 e. The Morgan fingerprint density at radius 1 is 1.04 bits per heavy atom. The molecule has 0 amide bonds. The van der Waals surface area contributed by atoms with Gasteiger partial charge in [-0.15, -0.1) is 0 Å². The van der Waals surface area contributed by atoms with E-state index in [-0.39, 0.29) is 27.4 Å². The maximum absolute atomic E-state index is 15.3. The van der Waals surface area contributed by atoms with Crippen LogP contribution in [-0.4, -0.2) is 59.9 Å². The summed E-state index contributed by atoms with van der Waals surface area (Å²) in [6, 6.07) is 14.2. The van der Waals surface area contributed by atoms with Gasteiger partial charge in [0.15, 0.2) is 16.2 Å².